The maximum absolute atomic E-state index is 10.6. The summed E-state index contributed by atoms with van der Waals surface area (Å²) < 4.78 is 38.6. The van der Waals surface area contributed by atoms with Gasteiger partial charge in [-0.05, 0) is 34.7 Å². The molecule has 4 nitrogen and oxygen atoms in total. The molecule has 1 fully saturated rings. The minimum Gasteiger partial charge on any atom is -0.487 e. The highest BCUT2D eigenvalue weighted by Crippen LogP contribution is 2.21. The zero-order valence-corrected chi connectivity index (χ0v) is 11.7. The number of benzene rings is 1. The van der Waals surface area contributed by atoms with Crippen molar-refractivity contribution >= 4 is 28.6 Å². The van der Waals surface area contributed by atoms with Gasteiger partial charge in [-0.2, -0.15) is 13.2 Å². The standard InChI is InChI=1S/C9H10INO.C2HF3O2/c10-8-3-1-2-4-9(8)12-7-5-11-6-7;3-2(4,5)1(6)7/h1-4,7,11H,5-6H2;(H,6,7). The Bertz CT molecular complexity index is 435. The Kier molecular flexibility index (Phi) is 5.85. The fraction of sp³-hybridized carbons (Fsp3) is 0.364. The lowest BCUT2D eigenvalue weighted by atomic mass is 10.2. The molecule has 106 valence electrons. The Hall–Kier alpha value is -1.03. The minimum absolute atomic E-state index is 0.376. The maximum atomic E-state index is 10.6. The monoisotopic (exact) mass is 389 g/mol. The van der Waals surface area contributed by atoms with Gasteiger partial charge in [0.1, 0.15) is 11.9 Å². The third-order valence-electron chi connectivity index (χ3n) is 2.12. The molecular formula is C11H11F3INO3. The van der Waals surface area contributed by atoms with E-state index in [1.807, 2.05) is 18.2 Å². The predicted octanol–water partition coefficient (Wildman–Crippen LogP) is 2.28. The number of rotatable bonds is 2. The van der Waals surface area contributed by atoms with Crippen molar-refractivity contribution < 1.29 is 27.8 Å². The van der Waals surface area contributed by atoms with E-state index in [9.17, 15) is 13.2 Å². The molecule has 0 atom stereocenters. The van der Waals surface area contributed by atoms with Gasteiger partial charge in [0.15, 0.2) is 0 Å². The summed E-state index contributed by atoms with van der Waals surface area (Å²) in [6, 6.07) is 8.10. The molecule has 0 radical (unpaired) electrons. The minimum atomic E-state index is -5.08. The normalized spacial score (nSPS) is 14.9. The summed E-state index contributed by atoms with van der Waals surface area (Å²) in [5.74, 6) is -1.75. The molecule has 1 aromatic carbocycles. The van der Waals surface area contributed by atoms with Gasteiger partial charge in [0.25, 0.3) is 0 Å². The molecule has 2 N–H and O–H groups in total. The number of carboxylic acid groups (broad SMARTS) is 1. The zero-order chi connectivity index (χ0) is 14.5. The highest BCUT2D eigenvalue weighted by Gasteiger charge is 2.38. The SMILES string of the molecule is Ic1ccccc1OC1CNC1.O=C(O)C(F)(F)F. The number of hydrogen-bond donors (Lipinski definition) is 2. The van der Waals surface area contributed by atoms with Crippen LogP contribution in [-0.4, -0.2) is 36.4 Å². The Morgan fingerprint density at radius 1 is 1.37 bits per heavy atom. The van der Waals surface area contributed by atoms with Gasteiger partial charge in [0.05, 0.1) is 3.57 Å². The number of carboxylic acids is 1. The predicted molar refractivity (Wildman–Crippen MR) is 70.1 cm³/mol. The number of halogens is 4. The van der Waals surface area contributed by atoms with Crippen LogP contribution < -0.4 is 10.1 Å². The number of nitrogens with one attached hydrogen (secondary N) is 1. The topological polar surface area (TPSA) is 58.6 Å². The molecule has 19 heavy (non-hydrogen) atoms. The Labute approximate surface area is 121 Å². The van der Waals surface area contributed by atoms with Gasteiger partial charge in [-0.15, -0.1) is 0 Å². The number of ether oxygens (including phenoxy) is 1. The van der Waals surface area contributed by atoms with Crippen molar-refractivity contribution in [2.45, 2.75) is 12.3 Å². The van der Waals surface area contributed by atoms with Crippen LogP contribution in [0.15, 0.2) is 24.3 Å². The molecule has 0 saturated carbocycles. The molecule has 1 aliphatic heterocycles. The summed E-state index contributed by atoms with van der Waals surface area (Å²) in [7, 11) is 0. The molecule has 1 aliphatic rings. The van der Waals surface area contributed by atoms with Gasteiger partial charge in [0, 0.05) is 13.1 Å². The molecular weight excluding hydrogens is 378 g/mol. The van der Waals surface area contributed by atoms with Gasteiger partial charge in [-0.1, -0.05) is 12.1 Å². The van der Waals surface area contributed by atoms with E-state index in [0.717, 1.165) is 18.8 Å². The zero-order valence-electron chi connectivity index (χ0n) is 9.58. The number of alkyl halides is 3. The maximum Gasteiger partial charge on any atom is 0.490 e. The van der Waals surface area contributed by atoms with Crippen LogP contribution in [0.25, 0.3) is 0 Å². The molecule has 1 heterocycles. The van der Waals surface area contributed by atoms with Crippen LogP contribution in [0, 0.1) is 3.57 Å². The van der Waals surface area contributed by atoms with E-state index in [1.54, 1.807) is 0 Å². The molecule has 0 amide bonds. The highest BCUT2D eigenvalue weighted by atomic mass is 127. The van der Waals surface area contributed by atoms with Gasteiger partial charge in [-0.25, -0.2) is 4.79 Å². The van der Waals surface area contributed by atoms with E-state index >= 15 is 0 Å². The van der Waals surface area contributed by atoms with Crippen LogP contribution in [0.5, 0.6) is 5.75 Å². The summed E-state index contributed by atoms with van der Waals surface area (Å²) in [4.78, 5) is 8.90. The average molecular weight is 389 g/mol. The Morgan fingerprint density at radius 3 is 2.26 bits per heavy atom. The lowest BCUT2D eigenvalue weighted by Crippen LogP contribution is -2.50. The van der Waals surface area contributed by atoms with Crippen molar-refractivity contribution in [3.05, 3.63) is 27.8 Å². The van der Waals surface area contributed by atoms with Crippen LogP contribution >= 0.6 is 22.6 Å². The molecule has 0 spiro atoms. The molecule has 1 aromatic rings. The number of aliphatic carboxylic acids is 1. The van der Waals surface area contributed by atoms with E-state index in [2.05, 4.69) is 34.0 Å². The Balaban J connectivity index is 0.000000224. The second-order valence-corrected chi connectivity index (χ2v) is 4.79. The van der Waals surface area contributed by atoms with Crippen molar-refractivity contribution in [2.75, 3.05) is 13.1 Å². The molecule has 0 aliphatic carbocycles. The van der Waals surface area contributed by atoms with Gasteiger partial charge in [-0.3, -0.25) is 0 Å². The Morgan fingerprint density at radius 2 is 1.89 bits per heavy atom. The van der Waals surface area contributed by atoms with Gasteiger partial charge >= 0.3 is 12.1 Å². The first-order chi connectivity index (χ1) is 8.80. The summed E-state index contributed by atoms with van der Waals surface area (Å²) >= 11 is 2.29. The number of hydrogen-bond acceptors (Lipinski definition) is 3. The first kappa shape index (κ1) is 16.0. The van der Waals surface area contributed by atoms with E-state index < -0.39 is 12.1 Å². The molecule has 0 unspecified atom stereocenters. The number of carbonyl (C=O) groups is 1. The molecule has 8 heteroatoms. The first-order valence-electron chi connectivity index (χ1n) is 5.22. The van der Waals surface area contributed by atoms with Gasteiger partial charge in [0.2, 0.25) is 0 Å². The van der Waals surface area contributed by atoms with Crippen molar-refractivity contribution in [1.82, 2.24) is 5.32 Å². The van der Waals surface area contributed by atoms with Crippen LogP contribution in [0.4, 0.5) is 13.2 Å². The van der Waals surface area contributed by atoms with Crippen LogP contribution in [0.2, 0.25) is 0 Å². The van der Waals surface area contributed by atoms with Crippen molar-refractivity contribution in [1.29, 1.82) is 0 Å². The second kappa shape index (κ2) is 6.94. The molecule has 1 saturated heterocycles. The third kappa shape index (κ3) is 5.64. The summed E-state index contributed by atoms with van der Waals surface area (Å²) in [5, 5.41) is 10.3. The fourth-order valence-electron chi connectivity index (χ4n) is 1.07. The van der Waals surface area contributed by atoms with Crippen molar-refractivity contribution in [3.63, 3.8) is 0 Å². The first-order valence-corrected chi connectivity index (χ1v) is 6.30. The van der Waals surface area contributed by atoms with Gasteiger partial charge < -0.3 is 15.2 Å². The lowest BCUT2D eigenvalue weighted by Gasteiger charge is -2.28. The van der Waals surface area contributed by atoms with E-state index in [-0.39, 0.29) is 0 Å². The van der Waals surface area contributed by atoms with Crippen LogP contribution in [-0.2, 0) is 4.79 Å². The van der Waals surface area contributed by atoms with E-state index in [4.69, 9.17) is 14.6 Å². The fourth-order valence-corrected chi connectivity index (χ4v) is 1.58. The van der Waals surface area contributed by atoms with Crippen molar-refractivity contribution in [3.8, 4) is 5.75 Å². The van der Waals surface area contributed by atoms with E-state index in [1.165, 1.54) is 3.57 Å². The number of para-hydroxylation sites is 1. The summed E-state index contributed by atoms with van der Waals surface area (Å²) in [6.45, 7) is 1.95. The smallest absolute Gasteiger partial charge is 0.487 e. The molecule has 0 aromatic heterocycles. The summed E-state index contributed by atoms with van der Waals surface area (Å²) in [5.41, 5.74) is 0. The lowest BCUT2D eigenvalue weighted by molar-refractivity contribution is -0.192. The largest absolute Gasteiger partial charge is 0.490 e. The van der Waals surface area contributed by atoms with Crippen molar-refractivity contribution in [2.24, 2.45) is 0 Å². The second-order valence-electron chi connectivity index (χ2n) is 3.63. The third-order valence-corrected chi connectivity index (χ3v) is 3.01. The van der Waals surface area contributed by atoms with Crippen LogP contribution in [0.1, 0.15) is 0 Å². The van der Waals surface area contributed by atoms with E-state index in [0.29, 0.717) is 6.10 Å². The molecule has 2 rings (SSSR count). The highest BCUT2D eigenvalue weighted by molar-refractivity contribution is 14.1. The summed E-state index contributed by atoms with van der Waals surface area (Å²) in [6.07, 6.45) is -4.71. The van der Waals surface area contributed by atoms with Crippen LogP contribution in [0.3, 0.4) is 0 Å². The molecule has 0 bridgehead atoms. The average Bonchev–Trinajstić information content (AvgIpc) is 2.25. The quantitative estimate of drug-likeness (QED) is 0.763.